The van der Waals surface area contributed by atoms with Crippen molar-refractivity contribution in [1.29, 1.82) is 0 Å². The van der Waals surface area contributed by atoms with Gasteiger partial charge >= 0.3 is 0 Å². The summed E-state index contributed by atoms with van der Waals surface area (Å²) in [4.78, 5) is 11.4. The molecule has 0 spiro atoms. The smallest absolute Gasteiger partial charge is 0.263 e. The van der Waals surface area contributed by atoms with Crippen molar-refractivity contribution < 1.29 is 8.42 Å². The molecule has 0 saturated heterocycles. The lowest BCUT2D eigenvalue weighted by Gasteiger charge is -2.05. The van der Waals surface area contributed by atoms with E-state index in [9.17, 15) is 8.42 Å². The molecule has 22 heavy (non-hydrogen) atoms. The van der Waals surface area contributed by atoms with E-state index in [4.69, 9.17) is 17.2 Å². The minimum atomic E-state index is -3.70. The lowest BCUT2D eigenvalue weighted by Crippen LogP contribution is -2.26. The van der Waals surface area contributed by atoms with Gasteiger partial charge in [0.25, 0.3) is 10.0 Å². The standard InChI is InChI=1S/C11H13N7O2S2/c12-9(13)17-10(14)16-7-1-3-8(4-2-7)22(19,20)18-11-15-5-6-21-11/h1-6H,(H,15,18)(H6,12,13,14,16,17). The number of benzene rings is 1. The molecule has 0 amide bonds. The number of thiazole rings is 1. The molecular formula is C11H13N7O2S2. The molecule has 0 unspecified atom stereocenters. The first-order chi connectivity index (χ1) is 10.4. The lowest BCUT2D eigenvalue weighted by molar-refractivity contribution is 0.601. The molecule has 2 aromatic rings. The fraction of sp³-hybridized carbons (Fsp3) is 0. The number of nitrogens with two attached hydrogens (primary N) is 3. The molecule has 0 aliphatic heterocycles. The predicted molar refractivity (Wildman–Crippen MR) is 86.5 cm³/mol. The van der Waals surface area contributed by atoms with Gasteiger partial charge in [-0.1, -0.05) is 0 Å². The third-order valence-corrected chi connectivity index (χ3v) is 4.46. The molecule has 0 fully saturated rings. The van der Waals surface area contributed by atoms with E-state index >= 15 is 0 Å². The van der Waals surface area contributed by atoms with Gasteiger partial charge in [0.15, 0.2) is 11.1 Å². The van der Waals surface area contributed by atoms with E-state index in [1.54, 1.807) is 5.38 Å². The molecule has 7 N–H and O–H groups in total. The van der Waals surface area contributed by atoms with Crippen molar-refractivity contribution in [2.24, 2.45) is 27.2 Å². The van der Waals surface area contributed by atoms with Crippen molar-refractivity contribution in [2.75, 3.05) is 4.72 Å². The van der Waals surface area contributed by atoms with Crippen LogP contribution in [-0.2, 0) is 10.0 Å². The van der Waals surface area contributed by atoms with Crippen LogP contribution >= 0.6 is 11.3 Å². The number of hydrogen-bond donors (Lipinski definition) is 4. The van der Waals surface area contributed by atoms with E-state index in [1.807, 2.05) is 0 Å². The minimum absolute atomic E-state index is 0.0714. The summed E-state index contributed by atoms with van der Waals surface area (Å²) in [6.07, 6.45) is 1.51. The number of aromatic nitrogens is 1. The van der Waals surface area contributed by atoms with Crippen LogP contribution in [0, 0.1) is 0 Å². The molecule has 0 radical (unpaired) electrons. The molecule has 116 valence electrons. The van der Waals surface area contributed by atoms with Crippen LogP contribution in [0.1, 0.15) is 0 Å². The van der Waals surface area contributed by atoms with Crippen LogP contribution in [0.2, 0.25) is 0 Å². The highest BCUT2D eigenvalue weighted by atomic mass is 32.2. The van der Waals surface area contributed by atoms with Crippen LogP contribution in [0.3, 0.4) is 0 Å². The summed E-state index contributed by atoms with van der Waals surface area (Å²) in [5, 5.41) is 1.96. The minimum Gasteiger partial charge on any atom is -0.370 e. The monoisotopic (exact) mass is 339 g/mol. The Balaban J connectivity index is 2.20. The van der Waals surface area contributed by atoms with Crippen LogP contribution in [0.25, 0.3) is 0 Å². The largest absolute Gasteiger partial charge is 0.370 e. The zero-order valence-electron chi connectivity index (χ0n) is 11.2. The molecule has 0 atom stereocenters. The highest BCUT2D eigenvalue weighted by Gasteiger charge is 2.15. The van der Waals surface area contributed by atoms with Crippen LogP contribution in [0.15, 0.2) is 50.7 Å². The Kier molecular flexibility index (Phi) is 4.58. The van der Waals surface area contributed by atoms with E-state index in [-0.39, 0.29) is 16.8 Å². The van der Waals surface area contributed by atoms with Crippen molar-refractivity contribution in [3.63, 3.8) is 0 Å². The van der Waals surface area contributed by atoms with Gasteiger partial charge in [-0.15, -0.1) is 11.3 Å². The van der Waals surface area contributed by atoms with Gasteiger partial charge in [0, 0.05) is 11.6 Å². The van der Waals surface area contributed by atoms with E-state index in [2.05, 4.69) is 19.7 Å². The van der Waals surface area contributed by atoms with Gasteiger partial charge in [-0.05, 0) is 24.3 Å². The van der Waals surface area contributed by atoms with Crippen LogP contribution in [-0.4, -0.2) is 25.3 Å². The van der Waals surface area contributed by atoms with Gasteiger partial charge in [-0.3, -0.25) is 4.72 Å². The maximum atomic E-state index is 12.1. The summed E-state index contributed by atoms with van der Waals surface area (Å²) >= 11 is 1.18. The molecule has 0 bridgehead atoms. The maximum Gasteiger partial charge on any atom is 0.263 e. The molecular weight excluding hydrogens is 326 g/mol. The fourth-order valence-electron chi connectivity index (χ4n) is 1.44. The van der Waals surface area contributed by atoms with Gasteiger partial charge in [0.2, 0.25) is 5.96 Å². The highest BCUT2D eigenvalue weighted by Crippen LogP contribution is 2.20. The summed E-state index contributed by atoms with van der Waals surface area (Å²) in [7, 11) is -3.70. The number of nitrogens with one attached hydrogen (secondary N) is 1. The molecule has 1 aromatic carbocycles. The van der Waals surface area contributed by atoms with Crippen molar-refractivity contribution in [3.8, 4) is 0 Å². The quantitative estimate of drug-likeness (QED) is 0.458. The average molecular weight is 339 g/mol. The lowest BCUT2D eigenvalue weighted by atomic mass is 10.3. The Morgan fingerprint density at radius 2 is 1.86 bits per heavy atom. The summed E-state index contributed by atoms with van der Waals surface area (Å²) < 4.78 is 26.6. The molecule has 11 heteroatoms. The molecule has 0 aliphatic carbocycles. The third-order valence-electron chi connectivity index (χ3n) is 2.29. The Labute approximate surface area is 130 Å². The SMILES string of the molecule is NC(N)=NC(N)=Nc1ccc(S(=O)(=O)Nc2nccs2)cc1. The molecule has 2 rings (SSSR count). The first kappa shape index (κ1) is 15.7. The zero-order chi connectivity index (χ0) is 16.2. The summed E-state index contributed by atoms with van der Waals surface area (Å²) in [6, 6.07) is 5.73. The van der Waals surface area contributed by atoms with Crippen LogP contribution < -0.4 is 21.9 Å². The first-order valence-corrected chi connectivity index (χ1v) is 8.19. The van der Waals surface area contributed by atoms with Crippen LogP contribution in [0.5, 0.6) is 0 Å². The summed E-state index contributed by atoms with van der Waals surface area (Å²) in [5.41, 5.74) is 16.2. The maximum absolute atomic E-state index is 12.1. The molecule has 1 aromatic heterocycles. The van der Waals surface area contributed by atoms with E-state index in [0.717, 1.165) is 0 Å². The summed E-state index contributed by atoms with van der Waals surface area (Å²) in [5.74, 6) is -0.343. The van der Waals surface area contributed by atoms with E-state index in [0.29, 0.717) is 10.8 Å². The number of aliphatic imine (C=N–C) groups is 2. The number of anilines is 1. The normalized spacial score (nSPS) is 11.9. The van der Waals surface area contributed by atoms with Gasteiger partial charge < -0.3 is 17.2 Å². The van der Waals surface area contributed by atoms with Gasteiger partial charge in [0.05, 0.1) is 10.6 Å². The number of sulfonamides is 1. The Morgan fingerprint density at radius 3 is 2.41 bits per heavy atom. The topological polar surface area (TPSA) is 162 Å². The highest BCUT2D eigenvalue weighted by molar-refractivity contribution is 7.93. The van der Waals surface area contributed by atoms with Crippen molar-refractivity contribution in [3.05, 3.63) is 35.8 Å². The second-order valence-corrected chi connectivity index (χ2v) is 6.52. The van der Waals surface area contributed by atoms with Crippen LogP contribution in [0.4, 0.5) is 10.8 Å². The Hall–Kier alpha value is -2.66. The Bertz CT molecular complexity index is 791. The van der Waals surface area contributed by atoms with Gasteiger partial charge in [0.1, 0.15) is 0 Å². The molecule has 0 aliphatic rings. The number of guanidine groups is 2. The second kappa shape index (κ2) is 6.41. The number of rotatable bonds is 4. The first-order valence-electron chi connectivity index (χ1n) is 5.83. The van der Waals surface area contributed by atoms with Gasteiger partial charge in [-0.2, -0.15) is 4.99 Å². The van der Waals surface area contributed by atoms with Crippen molar-refractivity contribution >= 4 is 44.1 Å². The van der Waals surface area contributed by atoms with Crippen molar-refractivity contribution in [1.82, 2.24) is 4.98 Å². The van der Waals surface area contributed by atoms with E-state index < -0.39 is 10.0 Å². The molecule has 0 saturated carbocycles. The zero-order valence-corrected chi connectivity index (χ0v) is 12.8. The predicted octanol–water partition coefficient (Wildman–Crippen LogP) is 0.164. The average Bonchev–Trinajstić information content (AvgIpc) is 2.90. The fourth-order valence-corrected chi connectivity index (χ4v) is 3.23. The summed E-state index contributed by atoms with van der Waals surface area (Å²) in [6.45, 7) is 0. The third kappa shape index (κ3) is 4.17. The van der Waals surface area contributed by atoms with E-state index in [1.165, 1.54) is 41.8 Å². The van der Waals surface area contributed by atoms with Crippen molar-refractivity contribution in [2.45, 2.75) is 4.90 Å². The molecule has 9 nitrogen and oxygen atoms in total. The molecule has 1 heterocycles. The Morgan fingerprint density at radius 1 is 1.18 bits per heavy atom. The number of nitrogens with zero attached hydrogens (tertiary/aromatic N) is 3. The number of hydrogen-bond acceptors (Lipinski definition) is 5. The van der Waals surface area contributed by atoms with Gasteiger partial charge in [-0.25, -0.2) is 18.4 Å². The second-order valence-electron chi connectivity index (χ2n) is 3.94.